The molecule has 3 aromatic rings. The van der Waals surface area contributed by atoms with Gasteiger partial charge in [-0.3, -0.25) is 9.69 Å². The van der Waals surface area contributed by atoms with Crippen molar-refractivity contribution in [2.45, 2.75) is 58.6 Å². The molecule has 8 heteroatoms. The number of aromatic nitrogens is 2. The topological polar surface area (TPSA) is 75.6 Å². The molecule has 2 heterocycles. The third-order valence-electron chi connectivity index (χ3n) is 6.14. The number of carboxylic acids is 1. The van der Waals surface area contributed by atoms with Crippen LogP contribution in [0.1, 0.15) is 44.7 Å². The molecule has 1 N–H and O–H groups in total. The molecule has 1 aliphatic heterocycles. The monoisotopic (exact) mass is 499 g/mol. The first-order valence-corrected chi connectivity index (χ1v) is 12.9. The summed E-state index contributed by atoms with van der Waals surface area (Å²) in [5.74, 6) is -0.0541. The van der Waals surface area contributed by atoms with Crippen molar-refractivity contribution in [3.8, 4) is 26.9 Å². The minimum absolute atomic E-state index is 0.0525. The Bertz CT molecular complexity index is 1160. The summed E-state index contributed by atoms with van der Waals surface area (Å²) in [5, 5.41) is 20.6. The fourth-order valence-corrected chi connectivity index (χ4v) is 5.67. The molecule has 0 amide bonds. The van der Waals surface area contributed by atoms with E-state index in [0.717, 1.165) is 59.9 Å². The highest BCUT2D eigenvalue weighted by Crippen LogP contribution is 2.36. The van der Waals surface area contributed by atoms with Crippen LogP contribution in [0.4, 0.5) is 0 Å². The number of likely N-dealkylation sites (tertiary alicyclic amines) is 1. The zero-order valence-electron chi connectivity index (χ0n) is 19.8. The van der Waals surface area contributed by atoms with E-state index in [9.17, 15) is 9.90 Å². The van der Waals surface area contributed by atoms with Crippen molar-refractivity contribution in [2.24, 2.45) is 0 Å². The number of hydrogen-bond acceptors (Lipinski definition) is 6. The van der Waals surface area contributed by atoms with E-state index in [2.05, 4.69) is 40.2 Å². The van der Waals surface area contributed by atoms with Crippen molar-refractivity contribution in [2.75, 3.05) is 13.1 Å². The number of carbonyl (C=O) groups is 1. The number of hydrogen-bond donors (Lipinski definition) is 1. The second-order valence-corrected chi connectivity index (χ2v) is 10.2. The maximum Gasteiger partial charge on any atom is 0.320 e. The molecule has 6 nitrogen and oxygen atoms in total. The molecule has 1 atom stereocenters. The van der Waals surface area contributed by atoms with Crippen LogP contribution in [0.2, 0.25) is 5.02 Å². The van der Waals surface area contributed by atoms with Gasteiger partial charge in [-0.15, -0.1) is 10.2 Å². The van der Waals surface area contributed by atoms with Crippen molar-refractivity contribution < 1.29 is 14.6 Å². The molecule has 4 rings (SSSR count). The van der Waals surface area contributed by atoms with Crippen LogP contribution in [0.5, 0.6) is 5.75 Å². The molecule has 34 heavy (non-hydrogen) atoms. The third-order valence-corrected chi connectivity index (χ3v) is 7.44. The number of rotatable bonds is 9. The summed E-state index contributed by atoms with van der Waals surface area (Å²) in [6, 6.07) is 11.6. The molecule has 0 bridgehead atoms. The molecule has 0 aliphatic carbocycles. The average molecular weight is 500 g/mol. The number of nitrogens with zero attached hydrogens (tertiary/aromatic N) is 3. The van der Waals surface area contributed by atoms with Crippen LogP contribution in [-0.4, -0.2) is 51.4 Å². The molecule has 1 saturated heterocycles. The summed E-state index contributed by atoms with van der Waals surface area (Å²) in [6.45, 7) is 7.68. The lowest BCUT2D eigenvalue weighted by molar-refractivity contribution is -0.142. The van der Waals surface area contributed by atoms with E-state index in [1.165, 1.54) is 11.1 Å². The summed E-state index contributed by atoms with van der Waals surface area (Å²) in [4.78, 5) is 13.6. The first-order chi connectivity index (χ1) is 16.4. The lowest BCUT2D eigenvalue weighted by Gasteiger charge is -2.22. The second-order valence-electron chi connectivity index (χ2n) is 8.80. The first kappa shape index (κ1) is 24.6. The van der Waals surface area contributed by atoms with Crippen LogP contribution in [0.25, 0.3) is 21.1 Å². The molecule has 2 aromatic carbocycles. The van der Waals surface area contributed by atoms with Gasteiger partial charge in [-0.2, -0.15) is 0 Å². The summed E-state index contributed by atoms with van der Waals surface area (Å²) in [7, 11) is 0. The zero-order chi connectivity index (χ0) is 24.2. The maximum atomic E-state index is 11.5. The van der Waals surface area contributed by atoms with Crippen LogP contribution in [-0.2, 0) is 17.6 Å². The van der Waals surface area contributed by atoms with Gasteiger partial charge >= 0.3 is 5.97 Å². The molecule has 180 valence electrons. The second kappa shape index (κ2) is 10.8. The minimum atomic E-state index is -0.716. The van der Waals surface area contributed by atoms with Gasteiger partial charge in [0.2, 0.25) is 0 Å². The maximum absolute atomic E-state index is 11.5. The highest BCUT2D eigenvalue weighted by molar-refractivity contribution is 7.17. The third kappa shape index (κ3) is 5.43. The Morgan fingerprint density at radius 2 is 2.06 bits per heavy atom. The van der Waals surface area contributed by atoms with E-state index in [4.69, 9.17) is 16.3 Å². The van der Waals surface area contributed by atoms with Crippen LogP contribution in [0.15, 0.2) is 36.4 Å². The smallest absolute Gasteiger partial charge is 0.320 e. The average Bonchev–Trinajstić information content (AvgIpc) is 3.48. The molecule has 0 radical (unpaired) electrons. The zero-order valence-corrected chi connectivity index (χ0v) is 21.3. The normalized spacial score (nSPS) is 16.3. The van der Waals surface area contributed by atoms with E-state index in [-0.39, 0.29) is 12.1 Å². The van der Waals surface area contributed by atoms with Crippen LogP contribution in [0.3, 0.4) is 0 Å². The molecule has 1 fully saturated rings. The predicted octanol–water partition coefficient (Wildman–Crippen LogP) is 5.97. The van der Waals surface area contributed by atoms with Gasteiger partial charge in [0, 0.05) is 17.7 Å². The van der Waals surface area contributed by atoms with Crippen LogP contribution >= 0.6 is 22.9 Å². The number of ether oxygens (including phenoxy) is 1. The van der Waals surface area contributed by atoms with E-state index in [1.54, 1.807) is 11.3 Å². The highest BCUT2D eigenvalue weighted by Gasteiger charge is 2.30. The number of halogens is 1. The summed E-state index contributed by atoms with van der Waals surface area (Å²) in [6.07, 6.45) is 3.42. The highest BCUT2D eigenvalue weighted by atomic mass is 35.5. The van der Waals surface area contributed by atoms with Gasteiger partial charge in [0.1, 0.15) is 21.8 Å². The van der Waals surface area contributed by atoms with Crippen molar-refractivity contribution in [3.63, 3.8) is 0 Å². The molecule has 0 saturated carbocycles. The van der Waals surface area contributed by atoms with Crippen molar-refractivity contribution in [1.82, 2.24) is 15.1 Å². The van der Waals surface area contributed by atoms with Gasteiger partial charge in [0.25, 0.3) is 0 Å². The first-order valence-electron chi connectivity index (χ1n) is 11.8. The van der Waals surface area contributed by atoms with Crippen molar-refractivity contribution in [1.29, 1.82) is 0 Å². The number of aliphatic carboxylic acids is 1. The lowest BCUT2D eigenvalue weighted by Crippen LogP contribution is -2.37. The Labute approximate surface area is 209 Å². The lowest BCUT2D eigenvalue weighted by atomic mass is 9.96. The predicted molar refractivity (Wildman–Crippen MR) is 137 cm³/mol. The Balaban J connectivity index is 1.55. The fraction of sp³-hybridized carbons (Fsp3) is 0.423. The minimum Gasteiger partial charge on any atom is -0.489 e. The molecular weight excluding hydrogens is 470 g/mol. The van der Waals surface area contributed by atoms with Crippen LogP contribution in [0, 0.1) is 0 Å². The van der Waals surface area contributed by atoms with E-state index >= 15 is 0 Å². The van der Waals surface area contributed by atoms with Gasteiger partial charge < -0.3 is 9.84 Å². The number of carboxylic acid groups (broad SMARTS) is 1. The standard InChI is InChI=1S/C26H30ClN3O3S/c1-4-19-17(12-14-30-13-6-9-22(30)26(31)32)7-5-8-20(19)25-29-28-24(34-25)18-10-11-23(21(27)15-18)33-16(2)3/h5,7-8,10-11,15-16,22H,4,6,9,12-14H2,1-3H3,(H,31,32)/t22-/m0/s1. The van der Waals surface area contributed by atoms with Gasteiger partial charge in [-0.1, -0.05) is 48.1 Å². The molecule has 0 spiro atoms. The molecule has 0 unspecified atom stereocenters. The number of benzene rings is 2. The van der Waals surface area contributed by atoms with E-state index in [0.29, 0.717) is 10.8 Å². The summed E-state index contributed by atoms with van der Waals surface area (Å²) < 4.78 is 5.73. The summed E-state index contributed by atoms with van der Waals surface area (Å²) in [5.41, 5.74) is 4.49. The van der Waals surface area contributed by atoms with Gasteiger partial charge in [-0.05, 0) is 75.4 Å². The quantitative estimate of drug-likeness (QED) is 0.391. The van der Waals surface area contributed by atoms with E-state index in [1.807, 2.05) is 32.0 Å². The van der Waals surface area contributed by atoms with Crippen molar-refractivity contribution >= 4 is 28.9 Å². The SMILES string of the molecule is CCc1c(CCN2CCC[C@H]2C(=O)O)cccc1-c1nnc(-c2ccc(OC(C)C)c(Cl)c2)s1. The van der Waals surface area contributed by atoms with Gasteiger partial charge in [-0.25, -0.2) is 0 Å². The molecular formula is C26H30ClN3O3S. The Morgan fingerprint density at radius 1 is 1.26 bits per heavy atom. The Kier molecular flexibility index (Phi) is 7.86. The fourth-order valence-electron chi connectivity index (χ4n) is 4.56. The van der Waals surface area contributed by atoms with Crippen molar-refractivity contribution in [3.05, 3.63) is 52.5 Å². The van der Waals surface area contributed by atoms with E-state index < -0.39 is 5.97 Å². The molecule has 1 aliphatic rings. The Hall–Kier alpha value is -2.48. The molecule has 1 aromatic heterocycles. The largest absolute Gasteiger partial charge is 0.489 e. The summed E-state index contributed by atoms with van der Waals surface area (Å²) >= 11 is 7.97. The van der Waals surface area contributed by atoms with Gasteiger partial charge in [0.15, 0.2) is 0 Å². The van der Waals surface area contributed by atoms with Crippen LogP contribution < -0.4 is 4.74 Å². The Morgan fingerprint density at radius 3 is 2.76 bits per heavy atom. The van der Waals surface area contributed by atoms with Gasteiger partial charge in [0.05, 0.1) is 11.1 Å².